The summed E-state index contributed by atoms with van der Waals surface area (Å²) >= 11 is 3.01. The Balaban J connectivity index is 1.98. The predicted octanol–water partition coefficient (Wildman–Crippen LogP) is 4.61. The van der Waals surface area contributed by atoms with Crippen LogP contribution in [-0.2, 0) is 10.0 Å². The van der Waals surface area contributed by atoms with Crippen molar-refractivity contribution in [2.75, 3.05) is 11.8 Å². The zero-order valence-corrected chi connectivity index (χ0v) is 16.7. The molecule has 0 amide bonds. The molecule has 1 aromatic carbocycles. The first-order valence-corrected chi connectivity index (χ1v) is 10.6. The summed E-state index contributed by atoms with van der Waals surface area (Å²) in [5.41, 5.74) is 1.39. The van der Waals surface area contributed by atoms with Gasteiger partial charge < -0.3 is 4.74 Å². The highest BCUT2D eigenvalue weighted by Gasteiger charge is 2.23. The number of methoxy groups -OCH3 is 1. The largest absolute Gasteiger partial charge is 0.495 e. The van der Waals surface area contributed by atoms with E-state index in [2.05, 4.69) is 9.71 Å². The first-order valence-electron chi connectivity index (χ1n) is 7.52. The molecule has 2 aromatic heterocycles. The molecule has 0 atom stereocenters. The number of thiazole rings is 1. The normalized spacial score (nSPS) is 11.5. The van der Waals surface area contributed by atoms with Crippen LogP contribution in [0.1, 0.15) is 15.4 Å². The first kappa shape index (κ1) is 17.9. The third-order valence-electron chi connectivity index (χ3n) is 3.75. The molecule has 132 valence electrons. The van der Waals surface area contributed by atoms with E-state index in [9.17, 15) is 8.42 Å². The van der Waals surface area contributed by atoms with E-state index < -0.39 is 10.0 Å². The van der Waals surface area contributed by atoms with Crippen LogP contribution in [0.2, 0.25) is 0 Å². The number of thiophene rings is 1. The van der Waals surface area contributed by atoms with Gasteiger partial charge in [0.25, 0.3) is 10.0 Å². The van der Waals surface area contributed by atoms with Gasteiger partial charge in [0.05, 0.1) is 23.4 Å². The van der Waals surface area contributed by atoms with Crippen LogP contribution >= 0.6 is 22.7 Å². The van der Waals surface area contributed by atoms with Crippen LogP contribution in [0.15, 0.2) is 35.2 Å². The average Bonchev–Trinajstić information content (AvgIpc) is 3.11. The Morgan fingerprint density at radius 3 is 2.44 bits per heavy atom. The molecule has 0 aliphatic carbocycles. The van der Waals surface area contributed by atoms with Crippen molar-refractivity contribution >= 4 is 38.4 Å². The van der Waals surface area contributed by atoms with Crippen molar-refractivity contribution < 1.29 is 13.2 Å². The van der Waals surface area contributed by atoms with Crippen molar-refractivity contribution in [2.45, 2.75) is 25.7 Å². The van der Waals surface area contributed by atoms with Crippen molar-refractivity contribution in [1.29, 1.82) is 0 Å². The number of nitrogens with zero attached hydrogens (tertiary/aromatic N) is 1. The lowest BCUT2D eigenvalue weighted by Crippen LogP contribution is -2.13. The Kier molecular flexibility index (Phi) is 4.86. The minimum atomic E-state index is -3.71. The van der Waals surface area contributed by atoms with Gasteiger partial charge in [-0.05, 0) is 39.0 Å². The number of rotatable bonds is 5. The van der Waals surface area contributed by atoms with E-state index in [1.165, 1.54) is 18.4 Å². The van der Waals surface area contributed by atoms with E-state index in [4.69, 9.17) is 4.74 Å². The molecule has 1 N–H and O–H groups in total. The molecule has 0 aliphatic heterocycles. The van der Waals surface area contributed by atoms with Crippen LogP contribution in [0.25, 0.3) is 9.88 Å². The maximum absolute atomic E-state index is 12.8. The van der Waals surface area contributed by atoms with E-state index in [1.54, 1.807) is 48.6 Å². The van der Waals surface area contributed by atoms with Gasteiger partial charge in [-0.15, -0.1) is 22.7 Å². The number of nitrogens with one attached hydrogen (secondary N) is 1. The van der Waals surface area contributed by atoms with Gasteiger partial charge in [0, 0.05) is 9.75 Å². The summed E-state index contributed by atoms with van der Waals surface area (Å²) in [6.45, 7) is 5.77. The Morgan fingerprint density at radius 2 is 1.80 bits per heavy atom. The second-order valence-corrected chi connectivity index (χ2v) is 9.61. The Hall–Kier alpha value is -1.90. The van der Waals surface area contributed by atoms with Crippen molar-refractivity contribution in [2.24, 2.45) is 0 Å². The molecule has 8 heteroatoms. The topological polar surface area (TPSA) is 68.3 Å². The fourth-order valence-corrected chi connectivity index (χ4v) is 5.97. The number of aryl methyl sites for hydroxylation is 3. The minimum Gasteiger partial charge on any atom is -0.495 e. The summed E-state index contributed by atoms with van der Waals surface area (Å²) < 4.78 is 33.5. The quantitative estimate of drug-likeness (QED) is 0.686. The smallest absolute Gasteiger partial charge is 0.263 e. The molecule has 0 saturated heterocycles. The standard InChI is InChI=1S/C17H18N2O3S3/c1-10-11(2)24-17(18-10)15-9-16(12(3)23-15)25(20,21)19-13-7-5-6-8-14(13)22-4/h5-9,19H,1-4H3. The average molecular weight is 395 g/mol. The summed E-state index contributed by atoms with van der Waals surface area (Å²) in [6, 6.07) is 8.62. The SMILES string of the molecule is COc1ccccc1NS(=O)(=O)c1cc(-c2nc(C)c(C)s2)sc1C. The predicted molar refractivity (Wildman–Crippen MR) is 103 cm³/mol. The second kappa shape index (κ2) is 6.78. The lowest BCUT2D eigenvalue weighted by molar-refractivity contribution is 0.417. The molecule has 0 bridgehead atoms. The molecule has 0 radical (unpaired) electrons. The van der Waals surface area contributed by atoms with E-state index >= 15 is 0 Å². The third-order valence-corrected chi connectivity index (χ3v) is 7.67. The number of sulfonamides is 1. The molecular formula is C17H18N2O3S3. The van der Waals surface area contributed by atoms with Crippen molar-refractivity contribution in [3.63, 3.8) is 0 Å². The van der Waals surface area contributed by atoms with Gasteiger partial charge in [0.1, 0.15) is 15.7 Å². The molecule has 3 rings (SSSR count). The van der Waals surface area contributed by atoms with Crippen LogP contribution in [-0.4, -0.2) is 20.5 Å². The Labute approximate surface area is 155 Å². The lowest BCUT2D eigenvalue weighted by Gasteiger charge is -2.11. The van der Waals surface area contributed by atoms with Crippen LogP contribution in [0.5, 0.6) is 5.75 Å². The zero-order valence-electron chi connectivity index (χ0n) is 14.3. The van der Waals surface area contributed by atoms with Gasteiger partial charge in [-0.25, -0.2) is 13.4 Å². The highest BCUT2D eigenvalue weighted by molar-refractivity contribution is 7.93. The highest BCUT2D eigenvalue weighted by atomic mass is 32.2. The summed E-state index contributed by atoms with van der Waals surface area (Å²) in [5.74, 6) is 0.477. The molecule has 5 nitrogen and oxygen atoms in total. The Morgan fingerprint density at radius 1 is 1.08 bits per heavy atom. The van der Waals surface area contributed by atoms with Crippen molar-refractivity contribution in [3.05, 3.63) is 45.8 Å². The number of hydrogen-bond donors (Lipinski definition) is 1. The van der Waals surface area contributed by atoms with Gasteiger partial charge >= 0.3 is 0 Å². The van der Waals surface area contributed by atoms with Gasteiger partial charge in [-0.3, -0.25) is 4.72 Å². The number of anilines is 1. The maximum atomic E-state index is 12.8. The molecule has 0 unspecified atom stereocenters. The first-order chi connectivity index (χ1) is 11.8. The minimum absolute atomic E-state index is 0.268. The van der Waals surface area contributed by atoms with E-state index in [1.807, 2.05) is 13.8 Å². The molecule has 0 spiro atoms. The van der Waals surface area contributed by atoms with E-state index in [0.717, 1.165) is 25.3 Å². The van der Waals surface area contributed by atoms with Crippen molar-refractivity contribution in [3.8, 4) is 15.6 Å². The van der Waals surface area contributed by atoms with Crippen LogP contribution in [0.3, 0.4) is 0 Å². The van der Waals surface area contributed by atoms with Gasteiger partial charge in [-0.2, -0.15) is 0 Å². The number of para-hydroxylation sites is 2. The number of aromatic nitrogens is 1. The molecular weight excluding hydrogens is 376 g/mol. The van der Waals surface area contributed by atoms with Crippen LogP contribution in [0.4, 0.5) is 5.69 Å². The van der Waals surface area contributed by atoms with Crippen molar-refractivity contribution in [1.82, 2.24) is 4.98 Å². The fraction of sp³-hybridized carbons (Fsp3) is 0.235. The second-order valence-electron chi connectivity index (χ2n) is 5.50. The Bertz CT molecular complexity index is 1000. The highest BCUT2D eigenvalue weighted by Crippen LogP contribution is 2.37. The summed E-state index contributed by atoms with van der Waals surface area (Å²) in [7, 11) is -2.20. The van der Waals surface area contributed by atoms with E-state index in [0.29, 0.717) is 11.4 Å². The van der Waals surface area contributed by atoms with Crippen LogP contribution in [0, 0.1) is 20.8 Å². The number of hydrogen-bond acceptors (Lipinski definition) is 6. The van der Waals surface area contributed by atoms with Gasteiger partial charge in [0.2, 0.25) is 0 Å². The summed E-state index contributed by atoms with van der Waals surface area (Å²) in [5, 5.41) is 0.849. The number of ether oxygens (including phenoxy) is 1. The third kappa shape index (κ3) is 3.56. The molecule has 3 aromatic rings. The molecule has 0 fully saturated rings. The van der Waals surface area contributed by atoms with Gasteiger partial charge in [-0.1, -0.05) is 12.1 Å². The molecule has 2 heterocycles. The lowest BCUT2D eigenvalue weighted by atomic mass is 10.3. The zero-order chi connectivity index (χ0) is 18.2. The van der Waals surface area contributed by atoms with E-state index in [-0.39, 0.29) is 4.90 Å². The maximum Gasteiger partial charge on any atom is 0.263 e. The summed E-state index contributed by atoms with van der Waals surface area (Å²) in [4.78, 5) is 7.51. The molecule has 0 saturated carbocycles. The van der Waals surface area contributed by atoms with Gasteiger partial charge in [0.15, 0.2) is 0 Å². The number of benzene rings is 1. The van der Waals surface area contributed by atoms with Crippen LogP contribution < -0.4 is 9.46 Å². The molecule has 0 aliphatic rings. The summed E-state index contributed by atoms with van der Waals surface area (Å²) in [6.07, 6.45) is 0. The fourth-order valence-electron chi connectivity index (χ4n) is 2.34. The molecule has 25 heavy (non-hydrogen) atoms. The monoisotopic (exact) mass is 394 g/mol.